The molecule has 0 aromatic heterocycles. The Morgan fingerprint density at radius 3 is 2.00 bits per heavy atom. The zero-order valence-electron chi connectivity index (χ0n) is 9.88. The van der Waals surface area contributed by atoms with Crippen molar-refractivity contribution >= 4 is 0 Å². The SMILES string of the molecule is C=CC.CCC(C)(C)c1ccccc1. The molecule has 0 radical (unpaired) electrons. The molecule has 78 valence electrons. The van der Waals surface area contributed by atoms with Crippen molar-refractivity contribution in [3.8, 4) is 0 Å². The van der Waals surface area contributed by atoms with Crippen LogP contribution in [0.25, 0.3) is 0 Å². The Hall–Kier alpha value is -1.04. The Morgan fingerprint density at radius 1 is 1.21 bits per heavy atom. The lowest BCUT2D eigenvalue weighted by molar-refractivity contribution is 0.506. The molecule has 0 atom stereocenters. The molecule has 14 heavy (non-hydrogen) atoms. The van der Waals surface area contributed by atoms with Crippen LogP contribution in [0, 0.1) is 0 Å². The van der Waals surface area contributed by atoms with E-state index >= 15 is 0 Å². The zero-order valence-corrected chi connectivity index (χ0v) is 9.88. The molecular formula is C14H22. The molecule has 1 aromatic rings. The maximum Gasteiger partial charge on any atom is -0.0106 e. The topological polar surface area (TPSA) is 0 Å². The minimum Gasteiger partial charge on any atom is -0.103 e. The quantitative estimate of drug-likeness (QED) is 0.599. The van der Waals surface area contributed by atoms with Crippen molar-refractivity contribution in [1.82, 2.24) is 0 Å². The monoisotopic (exact) mass is 190 g/mol. The second kappa shape index (κ2) is 6.42. The molecule has 1 rings (SSSR count). The van der Waals surface area contributed by atoms with E-state index in [0.717, 1.165) is 0 Å². The molecule has 0 heterocycles. The smallest absolute Gasteiger partial charge is 0.0106 e. The Kier molecular flexibility index (Phi) is 5.94. The van der Waals surface area contributed by atoms with Crippen LogP contribution in [0.15, 0.2) is 43.0 Å². The van der Waals surface area contributed by atoms with E-state index in [2.05, 4.69) is 57.7 Å². The van der Waals surface area contributed by atoms with Gasteiger partial charge in [-0.3, -0.25) is 0 Å². The Labute approximate surface area is 88.7 Å². The van der Waals surface area contributed by atoms with Gasteiger partial charge in [-0.1, -0.05) is 57.2 Å². The van der Waals surface area contributed by atoms with Crippen LogP contribution in [0.4, 0.5) is 0 Å². The van der Waals surface area contributed by atoms with E-state index in [1.165, 1.54) is 12.0 Å². The van der Waals surface area contributed by atoms with Crippen LogP contribution in [-0.2, 0) is 5.41 Å². The van der Waals surface area contributed by atoms with Crippen molar-refractivity contribution in [2.75, 3.05) is 0 Å². The van der Waals surface area contributed by atoms with Crippen molar-refractivity contribution in [3.63, 3.8) is 0 Å². The fraction of sp³-hybridized carbons (Fsp3) is 0.429. The van der Waals surface area contributed by atoms with Gasteiger partial charge in [-0.15, -0.1) is 6.58 Å². The molecule has 0 aliphatic rings. The van der Waals surface area contributed by atoms with E-state index in [4.69, 9.17) is 0 Å². The molecule has 0 aliphatic heterocycles. The first-order chi connectivity index (χ1) is 6.58. The van der Waals surface area contributed by atoms with E-state index in [0.29, 0.717) is 5.41 Å². The van der Waals surface area contributed by atoms with Crippen molar-refractivity contribution in [3.05, 3.63) is 48.6 Å². The average Bonchev–Trinajstić information content (AvgIpc) is 2.20. The van der Waals surface area contributed by atoms with Gasteiger partial charge in [0.25, 0.3) is 0 Å². The number of allylic oxidation sites excluding steroid dienone is 1. The lowest BCUT2D eigenvalue weighted by Crippen LogP contribution is -2.14. The molecule has 0 nitrogen and oxygen atoms in total. The molecule has 1 aromatic carbocycles. The molecule has 0 bridgehead atoms. The van der Waals surface area contributed by atoms with Crippen LogP contribution in [0.3, 0.4) is 0 Å². The minimum atomic E-state index is 0.335. The normalized spacial score (nSPS) is 10.0. The predicted octanol–water partition coefficient (Wildman–Crippen LogP) is 4.57. The highest BCUT2D eigenvalue weighted by atomic mass is 14.2. The first kappa shape index (κ1) is 13.0. The largest absolute Gasteiger partial charge is 0.103 e. The molecule has 0 fully saturated rings. The van der Waals surface area contributed by atoms with Gasteiger partial charge >= 0.3 is 0 Å². The molecule has 0 spiro atoms. The molecule has 0 heteroatoms. The van der Waals surface area contributed by atoms with Crippen molar-refractivity contribution < 1.29 is 0 Å². The average molecular weight is 190 g/mol. The summed E-state index contributed by atoms with van der Waals surface area (Å²) in [5, 5.41) is 0. The second-order valence-corrected chi connectivity index (χ2v) is 4.01. The van der Waals surface area contributed by atoms with Gasteiger partial charge in [-0.2, -0.15) is 0 Å². The van der Waals surface area contributed by atoms with Gasteiger partial charge in [0.15, 0.2) is 0 Å². The van der Waals surface area contributed by atoms with E-state index in [9.17, 15) is 0 Å². The van der Waals surface area contributed by atoms with Gasteiger partial charge in [0.2, 0.25) is 0 Å². The highest BCUT2D eigenvalue weighted by Crippen LogP contribution is 2.25. The Morgan fingerprint density at radius 2 is 1.64 bits per heavy atom. The van der Waals surface area contributed by atoms with Crippen LogP contribution in [-0.4, -0.2) is 0 Å². The number of rotatable bonds is 2. The van der Waals surface area contributed by atoms with Crippen LogP contribution in [0.1, 0.15) is 39.7 Å². The summed E-state index contributed by atoms with van der Waals surface area (Å²) in [6.07, 6.45) is 2.94. The first-order valence-electron chi connectivity index (χ1n) is 5.21. The Balaban J connectivity index is 0.000000500. The standard InChI is InChI=1S/C11H16.C3H6/c1-4-11(2,3)10-8-6-5-7-9-10;1-3-2/h5-9H,4H2,1-3H3;3H,1H2,2H3. The molecule has 0 aliphatic carbocycles. The minimum absolute atomic E-state index is 0.335. The molecule has 0 amide bonds. The van der Waals surface area contributed by atoms with Gasteiger partial charge in [-0.25, -0.2) is 0 Å². The van der Waals surface area contributed by atoms with Gasteiger partial charge in [0.1, 0.15) is 0 Å². The number of hydrogen-bond donors (Lipinski definition) is 0. The van der Waals surface area contributed by atoms with Gasteiger partial charge in [-0.05, 0) is 24.3 Å². The number of hydrogen-bond acceptors (Lipinski definition) is 0. The van der Waals surface area contributed by atoms with Crippen molar-refractivity contribution in [2.45, 2.75) is 39.5 Å². The fourth-order valence-electron chi connectivity index (χ4n) is 1.09. The summed E-state index contributed by atoms with van der Waals surface area (Å²) in [5.74, 6) is 0. The summed E-state index contributed by atoms with van der Waals surface area (Å²) in [4.78, 5) is 0. The molecule has 0 saturated heterocycles. The summed E-state index contributed by atoms with van der Waals surface area (Å²) in [6.45, 7) is 12.0. The predicted molar refractivity (Wildman–Crippen MR) is 65.6 cm³/mol. The first-order valence-corrected chi connectivity index (χ1v) is 5.21. The van der Waals surface area contributed by atoms with Crippen LogP contribution in [0.2, 0.25) is 0 Å². The lowest BCUT2D eigenvalue weighted by Gasteiger charge is -2.22. The van der Waals surface area contributed by atoms with Crippen LogP contribution in [0.5, 0.6) is 0 Å². The third-order valence-electron chi connectivity index (χ3n) is 2.44. The van der Waals surface area contributed by atoms with E-state index in [1.54, 1.807) is 6.08 Å². The summed E-state index contributed by atoms with van der Waals surface area (Å²) >= 11 is 0. The highest BCUT2D eigenvalue weighted by Gasteiger charge is 2.16. The van der Waals surface area contributed by atoms with Crippen LogP contribution >= 0.6 is 0 Å². The maximum absolute atomic E-state index is 3.36. The second-order valence-electron chi connectivity index (χ2n) is 4.01. The maximum atomic E-state index is 3.36. The lowest BCUT2D eigenvalue weighted by atomic mass is 9.82. The summed E-state index contributed by atoms with van der Waals surface area (Å²) in [5.41, 5.74) is 1.77. The molecule has 0 N–H and O–H groups in total. The molecular weight excluding hydrogens is 168 g/mol. The summed E-state index contributed by atoms with van der Waals surface area (Å²) in [7, 11) is 0. The van der Waals surface area contributed by atoms with E-state index < -0.39 is 0 Å². The number of benzene rings is 1. The van der Waals surface area contributed by atoms with E-state index in [1.807, 2.05) is 6.92 Å². The highest BCUT2D eigenvalue weighted by molar-refractivity contribution is 5.22. The fourth-order valence-corrected chi connectivity index (χ4v) is 1.09. The molecule has 0 saturated carbocycles. The molecule has 0 unspecified atom stereocenters. The zero-order chi connectivity index (χ0) is 11.0. The van der Waals surface area contributed by atoms with E-state index in [-0.39, 0.29) is 0 Å². The van der Waals surface area contributed by atoms with Gasteiger partial charge < -0.3 is 0 Å². The van der Waals surface area contributed by atoms with Gasteiger partial charge in [0, 0.05) is 0 Å². The third-order valence-corrected chi connectivity index (χ3v) is 2.44. The summed E-state index contributed by atoms with van der Waals surface area (Å²) in [6, 6.07) is 10.7. The van der Waals surface area contributed by atoms with Gasteiger partial charge in [0.05, 0.1) is 0 Å². The Bertz CT molecular complexity index is 244. The summed E-state index contributed by atoms with van der Waals surface area (Å²) < 4.78 is 0. The third kappa shape index (κ3) is 4.27. The van der Waals surface area contributed by atoms with Crippen molar-refractivity contribution in [1.29, 1.82) is 0 Å². The van der Waals surface area contributed by atoms with Crippen LogP contribution < -0.4 is 0 Å². The van der Waals surface area contributed by atoms with Crippen molar-refractivity contribution in [2.24, 2.45) is 0 Å².